The Morgan fingerprint density at radius 1 is 1.12 bits per heavy atom. The number of hydrogen-bond acceptors (Lipinski definition) is 5. The van der Waals surface area contributed by atoms with Gasteiger partial charge in [0, 0.05) is 12.3 Å². The van der Waals surface area contributed by atoms with Gasteiger partial charge >= 0.3 is 0 Å². The lowest BCUT2D eigenvalue weighted by molar-refractivity contribution is -0.122. The Balaban J connectivity index is 0.000000165. The van der Waals surface area contributed by atoms with E-state index in [4.69, 9.17) is 11.5 Å². The number of carbonyl (C=O) groups is 2. The molecule has 16 heavy (non-hydrogen) atoms. The Morgan fingerprint density at radius 2 is 1.88 bits per heavy atom. The van der Waals surface area contributed by atoms with Gasteiger partial charge in [-0.3, -0.25) is 9.59 Å². The van der Waals surface area contributed by atoms with Crippen molar-refractivity contribution in [2.45, 2.75) is 37.8 Å². The third kappa shape index (κ3) is 4.51. The van der Waals surface area contributed by atoms with Crippen molar-refractivity contribution in [3.63, 3.8) is 0 Å². The van der Waals surface area contributed by atoms with E-state index in [0.717, 1.165) is 38.0 Å². The summed E-state index contributed by atoms with van der Waals surface area (Å²) in [7, 11) is 0. The molecule has 6 heteroatoms. The maximum Gasteiger partial charge on any atom is 0.236 e. The maximum atomic E-state index is 10.8. The Morgan fingerprint density at radius 3 is 2.38 bits per heavy atom. The Bertz CT molecular complexity index is 260. The predicted octanol–water partition coefficient (Wildman–Crippen LogP) is -0.409. The number of amides is 1. The van der Waals surface area contributed by atoms with Gasteiger partial charge in [-0.1, -0.05) is 11.8 Å². The number of hydrogen-bond donors (Lipinski definition) is 3. The average molecular weight is 245 g/mol. The Kier molecular flexibility index (Phi) is 5.79. The highest BCUT2D eigenvalue weighted by atomic mass is 32.2. The molecule has 1 unspecified atom stereocenters. The fraction of sp³-hybridized carbons (Fsp3) is 0.800. The summed E-state index contributed by atoms with van der Waals surface area (Å²) in [5.74, 6) is 0.924. The highest BCUT2D eigenvalue weighted by Gasteiger charge is 2.20. The van der Waals surface area contributed by atoms with E-state index >= 15 is 0 Å². The van der Waals surface area contributed by atoms with Crippen molar-refractivity contribution in [1.29, 1.82) is 0 Å². The van der Waals surface area contributed by atoms with Gasteiger partial charge in [-0.05, 0) is 25.7 Å². The van der Waals surface area contributed by atoms with Crippen molar-refractivity contribution in [3.05, 3.63) is 0 Å². The second-order valence-electron chi connectivity index (χ2n) is 3.96. The fourth-order valence-corrected chi connectivity index (χ4v) is 2.38. The molecule has 0 bridgehead atoms. The summed E-state index contributed by atoms with van der Waals surface area (Å²) in [6.45, 7) is 0.798. The van der Waals surface area contributed by atoms with Gasteiger partial charge in [0.2, 0.25) is 11.0 Å². The lowest BCUT2D eigenvalue weighted by Crippen LogP contribution is -2.38. The molecule has 2 rings (SSSR count). The van der Waals surface area contributed by atoms with E-state index in [1.807, 2.05) is 0 Å². The number of rotatable bonds is 0. The van der Waals surface area contributed by atoms with Crippen molar-refractivity contribution in [2.75, 3.05) is 12.3 Å². The van der Waals surface area contributed by atoms with E-state index in [9.17, 15) is 9.59 Å². The molecule has 2 fully saturated rings. The van der Waals surface area contributed by atoms with Crippen LogP contribution in [0.25, 0.3) is 0 Å². The lowest BCUT2D eigenvalue weighted by Gasteiger charge is -2.03. The number of nitrogens with one attached hydrogen (secondary N) is 1. The van der Waals surface area contributed by atoms with Gasteiger partial charge in [0.05, 0.1) is 12.1 Å². The summed E-state index contributed by atoms with van der Waals surface area (Å²) < 4.78 is 0. The number of nitrogens with two attached hydrogens (primary N) is 2. The first kappa shape index (κ1) is 13.5. The predicted molar refractivity (Wildman–Crippen MR) is 64.9 cm³/mol. The summed E-state index contributed by atoms with van der Waals surface area (Å²) in [5.41, 5.74) is 10.8. The summed E-state index contributed by atoms with van der Waals surface area (Å²) in [5, 5.41) is 2.88. The molecule has 0 radical (unpaired) electrons. The third-order valence-corrected chi connectivity index (χ3v) is 3.58. The van der Waals surface area contributed by atoms with Crippen molar-refractivity contribution in [2.24, 2.45) is 11.5 Å². The molecule has 2 aliphatic rings. The molecule has 0 aliphatic carbocycles. The van der Waals surface area contributed by atoms with E-state index in [0.29, 0.717) is 0 Å². The van der Waals surface area contributed by atoms with Crippen LogP contribution in [0.3, 0.4) is 0 Å². The van der Waals surface area contributed by atoms with Gasteiger partial charge < -0.3 is 16.8 Å². The molecule has 0 aromatic carbocycles. The minimum Gasteiger partial charge on any atom is -0.355 e. The molecule has 5 nitrogen and oxygen atoms in total. The number of carbonyl (C=O) groups excluding carboxylic acids is 2. The van der Waals surface area contributed by atoms with Crippen LogP contribution in [-0.4, -0.2) is 35.4 Å². The van der Waals surface area contributed by atoms with Gasteiger partial charge in [-0.2, -0.15) is 0 Å². The van der Waals surface area contributed by atoms with Crippen LogP contribution >= 0.6 is 11.8 Å². The van der Waals surface area contributed by atoms with Crippen LogP contribution in [0.4, 0.5) is 0 Å². The standard InChI is InChI=1S/C6H12N2O.C4H7NOS/c7-5-3-1-2-4-8-6(5)9;5-3-1-2-7-4(3)6/h5H,1-4,7H2,(H,8,9);3H,1-2,5H2/t;3-/m.0/s1. The topological polar surface area (TPSA) is 98.2 Å². The highest BCUT2D eigenvalue weighted by molar-refractivity contribution is 8.14. The molecule has 2 aliphatic heterocycles. The second-order valence-corrected chi connectivity index (χ2v) is 5.06. The lowest BCUT2D eigenvalue weighted by atomic mass is 10.1. The zero-order valence-corrected chi connectivity index (χ0v) is 10.1. The first-order valence-corrected chi connectivity index (χ1v) is 6.55. The molecule has 92 valence electrons. The van der Waals surface area contributed by atoms with Crippen LogP contribution in [-0.2, 0) is 9.59 Å². The molecule has 0 aromatic heterocycles. The highest BCUT2D eigenvalue weighted by Crippen LogP contribution is 2.16. The van der Waals surface area contributed by atoms with E-state index in [1.165, 1.54) is 11.8 Å². The average Bonchev–Trinajstić information content (AvgIpc) is 2.52. The summed E-state index contributed by atoms with van der Waals surface area (Å²) in [4.78, 5) is 21.2. The zero-order chi connectivity index (χ0) is 12.0. The molecule has 0 saturated carbocycles. The van der Waals surface area contributed by atoms with E-state index < -0.39 is 0 Å². The van der Waals surface area contributed by atoms with Crippen LogP contribution in [0, 0.1) is 0 Å². The van der Waals surface area contributed by atoms with Crippen LogP contribution in [0.1, 0.15) is 25.7 Å². The van der Waals surface area contributed by atoms with Crippen molar-refractivity contribution in [3.8, 4) is 0 Å². The molecule has 0 aromatic rings. The number of thioether (sulfide) groups is 1. The normalized spacial score (nSPS) is 30.1. The molecular formula is C10H19N3O2S. The molecular weight excluding hydrogens is 226 g/mol. The fourth-order valence-electron chi connectivity index (χ4n) is 1.47. The van der Waals surface area contributed by atoms with E-state index in [1.54, 1.807) is 0 Å². The van der Waals surface area contributed by atoms with E-state index in [2.05, 4.69) is 5.32 Å². The first-order valence-electron chi connectivity index (χ1n) is 5.57. The van der Waals surface area contributed by atoms with Gasteiger partial charge in [-0.25, -0.2) is 0 Å². The molecule has 1 amide bonds. The van der Waals surface area contributed by atoms with Crippen LogP contribution in [0.5, 0.6) is 0 Å². The molecule has 0 spiro atoms. The SMILES string of the molecule is NC1CCCCNC1=O.N[C@H]1CCSC1=O. The summed E-state index contributed by atoms with van der Waals surface area (Å²) >= 11 is 1.34. The van der Waals surface area contributed by atoms with Gasteiger partial charge in [0.15, 0.2) is 0 Å². The Labute approximate surface area is 99.7 Å². The van der Waals surface area contributed by atoms with Crippen LogP contribution < -0.4 is 16.8 Å². The molecule has 5 N–H and O–H groups in total. The first-order chi connectivity index (χ1) is 7.61. The summed E-state index contributed by atoms with van der Waals surface area (Å²) in [6.07, 6.45) is 3.84. The van der Waals surface area contributed by atoms with Crippen LogP contribution in [0.15, 0.2) is 0 Å². The van der Waals surface area contributed by atoms with Crippen molar-refractivity contribution < 1.29 is 9.59 Å². The Hall–Kier alpha value is -0.590. The van der Waals surface area contributed by atoms with Crippen molar-refractivity contribution >= 4 is 22.8 Å². The van der Waals surface area contributed by atoms with Gasteiger partial charge in [-0.15, -0.1) is 0 Å². The second kappa shape index (κ2) is 6.88. The monoisotopic (exact) mass is 245 g/mol. The van der Waals surface area contributed by atoms with Gasteiger partial charge in [0.1, 0.15) is 0 Å². The largest absolute Gasteiger partial charge is 0.355 e. The minimum atomic E-state index is -0.257. The third-order valence-electron chi connectivity index (χ3n) is 2.55. The van der Waals surface area contributed by atoms with Crippen LogP contribution in [0.2, 0.25) is 0 Å². The molecule has 2 saturated heterocycles. The quantitative estimate of drug-likeness (QED) is 0.539. The van der Waals surface area contributed by atoms with Crippen molar-refractivity contribution in [1.82, 2.24) is 5.32 Å². The maximum absolute atomic E-state index is 10.8. The molecule has 2 heterocycles. The smallest absolute Gasteiger partial charge is 0.236 e. The minimum absolute atomic E-state index is 0.00694. The van der Waals surface area contributed by atoms with E-state index in [-0.39, 0.29) is 23.1 Å². The zero-order valence-electron chi connectivity index (χ0n) is 9.28. The molecule has 2 atom stereocenters. The summed E-state index contributed by atoms with van der Waals surface area (Å²) in [6, 6.07) is -0.419. The van der Waals surface area contributed by atoms with Gasteiger partial charge in [0.25, 0.3) is 0 Å².